The highest BCUT2D eigenvalue weighted by Crippen LogP contribution is 2.44. The molecule has 9 nitrogen and oxygen atoms in total. The first-order valence-electron chi connectivity index (χ1n) is 43.7. The van der Waals surface area contributed by atoms with Gasteiger partial charge in [-0.3, -0.25) is 9.55 Å². The molecule has 0 fully saturated rings. The Morgan fingerprint density at radius 2 is 0.558 bits per heavy atom. The predicted octanol–water partition coefficient (Wildman–Crippen LogP) is 31.0. The molecule has 0 saturated heterocycles. The fourth-order valence-corrected chi connectivity index (χ4v) is 19.2. The van der Waals surface area contributed by atoms with Crippen LogP contribution in [0.1, 0.15) is 0 Å². The summed E-state index contributed by atoms with van der Waals surface area (Å²) in [6.45, 7) is 0. The molecule has 0 atom stereocenters. The molecule has 0 spiro atoms. The van der Waals surface area contributed by atoms with Gasteiger partial charge in [0.05, 0.1) is 78.4 Å². The Balaban J connectivity index is 0.000000110. The average molecular weight is 1640 g/mol. The van der Waals surface area contributed by atoms with Crippen molar-refractivity contribution in [3.8, 4) is 107 Å². The maximum absolute atomic E-state index is 5.31. The Labute approximate surface area is 743 Å². The minimum absolute atomic E-state index is 0.669. The molecule has 26 rings (SSSR count). The predicted molar refractivity (Wildman–Crippen MR) is 538 cm³/mol. The van der Waals surface area contributed by atoms with Crippen molar-refractivity contribution in [2.24, 2.45) is 0 Å². The van der Waals surface area contributed by atoms with Crippen LogP contribution >= 0.6 is 0 Å². The molecular formula is C120H77N9. The summed E-state index contributed by atoms with van der Waals surface area (Å²) in [5.41, 5.74) is 29.4. The summed E-state index contributed by atoms with van der Waals surface area (Å²) in [6.07, 6.45) is 1.85. The van der Waals surface area contributed by atoms with E-state index in [0.717, 1.165) is 100 Å². The lowest BCUT2D eigenvalue weighted by Gasteiger charge is -2.13. The number of hydrogen-bond donors (Lipinski definition) is 0. The Kier molecular flexibility index (Phi) is 18.7. The van der Waals surface area contributed by atoms with Crippen LogP contribution in [0.3, 0.4) is 0 Å². The van der Waals surface area contributed by atoms with Crippen molar-refractivity contribution in [2.75, 3.05) is 0 Å². The van der Waals surface area contributed by atoms with E-state index in [0.29, 0.717) is 11.8 Å². The number of aromatic nitrogens is 9. The van der Waals surface area contributed by atoms with Crippen LogP contribution in [-0.4, -0.2) is 43.6 Å². The van der Waals surface area contributed by atoms with Gasteiger partial charge >= 0.3 is 0 Å². The Morgan fingerprint density at radius 3 is 1.20 bits per heavy atom. The van der Waals surface area contributed by atoms with E-state index < -0.39 is 0 Å². The number of rotatable bonds is 11. The zero-order chi connectivity index (χ0) is 85.2. The SMILES string of the molecule is c1ccc(-c2ccc(-c3nc(-n4c5ccccc5c5ccc(-c6ccccc6)cc54)nc4ccccc34)cc2)cc1.c1ccc(-c2ccc3c(c2)c2ccccc2n3-c2ccc(-c3cnc4ccccc4n3)cc2)cc1.c1ccc(-n2c3ccccc3c3c(-c4ccc(-c5nc(-c6ccc7c8ccccc8c8ccccc8c7c6)c6ccccc6n5)cc4)cccc32)cc1. The summed E-state index contributed by atoms with van der Waals surface area (Å²) in [4.78, 5) is 30.2. The zero-order valence-corrected chi connectivity index (χ0v) is 70.0. The highest BCUT2D eigenvalue weighted by atomic mass is 15.2. The lowest BCUT2D eigenvalue weighted by Crippen LogP contribution is -2.03. The van der Waals surface area contributed by atoms with Gasteiger partial charge in [0.15, 0.2) is 5.82 Å². The average Bonchev–Trinajstić information content (AvgIpc) is 1.44. The van der Waals surface area contributed by atoms with Gasteiger partial charge in [0.25, 0.3) is 0 Å². The van der Waals surface area contributed by atoms with Crippen LogP contribution in [0.2, 0.25) is 0 Å². The molecule has 6 aromatic heterocycles. The highest BCUT2D eigenvalue weighted by molar-refractivity contribution is 6.26. The Hall–Kier alpha value is -17.4. The van der Waals surface area contributed by atoms with E-state index in [1.54, 1.807) is 0 Å². The fourth-order valence-electron chi connectivity index (χ4n) is 19.2. The number of para-hydroxylation sites is 8. The molecule has 0 unspecified atom stereocenters. The summed E-state index contributed by atoms with van der Waals surface area (Å²) in [5, 5.41) is 17.0. The maximum Gasteiger partial charge on any atom is 0.235 e. The van der Waals surface area contributed by atoms with E-state index in [9.17, 15) is 0 Å². The van der Waals surface area contributed by atoms with Crippen LogP contribution in [0.4, 0.5) is 0 Å². The molecule has 20 aromatic carbocycles. The van der Waals surface area contributed by atoms with Crippen molar-refractivity contribution in [3.05, 3.63) is 467 Å². The van der Waals surface area contributed by atoms with Gasteiger partial charge in [0.2, 0.25) is 5.95 Å². The van der Waals surface area contributed by atoms with Crippen LogP contribution in [0.15, 0.2) is 467 Å². The molecule has 129 heavy (non-hydrogen) atoms. The molecule has 0 saturated carbocycles. The first-order chi connectivity index (χ1) is 64.0. The van der Waals surface area contributed by atoms with Crippen molar-refractivity contribution in [3.63, 3.8) is 0 Å². The van der Waals surface area contributed by atoms with Crippen molar-refractivity contribution in [1.82, 2.24) is 43.6 Å². The van der Waals surface area contributed by atoms with Crippen molar-refractivity contribution in [1.29, 1.82) is 0 Å². The molecule has 26 aromatic rings. The van der Waals surface area contributed by atoms with Gasteiger partial charge in [0.1, 0.15) is 0 Å². The van der Waals surface area contributed by atoms with Crippen LogP contribution in [0, 0.1) is 0 Å². The summed E-state index contributed by atoms with van der Waals surface area (Å²) < 4.78 is 6.92. The van der Waals surface area contributed by atoms with E-state index in [-0.39, 0.29) is 0 Å². The lowest BCUT2D eigenvalue weighted by molar-refractivity contribution is 1.01. The molecule has 602 valence electrons. The van der Waals surface area contributed by atoms with Gasteiger partial charge in [-0.2, -0.15) is 0 Å². The molecule has 0 aliphatic heterocycles. The summed E-state index contributed by atoms with van der Waals surface area (Å²) in [6, 6.07) is 163. The van der Waals surface area contributed by atoms with Gasteiger partial charge in [-0.15, -0.1) is 0 Å². The molecular weight excluding hydrogens is 1570 g/mol. The minimum atomic E-state index is 0.669. The third-order valence-electron chi connectivity index (χ3n) is 25.3. The monoisotopic (exact) mass is 1640 g/mol. The van der Waals surface area contributed by atoms with E-state index >= 15 is 0 Å². The minimum Gasteiger partial charge on any atom is -0.309 e. The van der Waals surface area contributed by atoms with E-state index in [1.807, 2.05) is 42.6 Å². The van der Waals surface area contributed by atoms with E-state index in [2.05, 4.69) is 443 Å². The molecule has 9 heteroatoms. The first kappa shape index (κ1) is 75.4. The molecule has 0 bridgehead atoms. The second kappa shape index (κ2) is 32.0. The van der Waals surface area contributed by atoms with Gasteiger partial charge in [0, 0.05) is 76.7 Å². The molecule has 0 aliphatic rings. The van der Waals surface area contributed by atoms with E-state index in [1.165, 1.54) is 126 Å². The fraction of sp³-hybridized carbons (Fsp3) is 0. The maximum atomic E-state index is 5.31. The molecule has 0 radical (unpaired) electrons. The first-order valence-corrected chi connectivity index (χ1v) is 43.7. The molecule has 0 N–H and O–H groups in total. The number of hydrogen-bond acceptors (Lipinski definition) is 6. The Morgan fingerprint density at radius 1 is 0.171 bits per heavy atom. The van der Waals surface area contributed by atoms with Crippen LogP contribution in [0.5, 0.6) is 0 Å². The van der Waals surface area contributed by atoms with Crippen LogP contribution < -0.4 is 0 Å². The Bertz CT molecular complexity index is 8800. The number of benzene rings is 20. The molecule has 0 aliphatic carbocycles. The highest BCUT2D eigenvalue weighted by Gasteiger charge is 2.23. The van der Waals surface area contributed by atoms with Gasteiger partial charge < -0.3 is 9.13 Å². The second-order valence-electron chi connectivity index (χ2n) is 32.8. The zero-order valence-electron chi connectivity index (χ0n) is 70.0. The molecule has 6 heterocycles. The largest absolute Gasteiger partial charge is 0.309 e. The van der Waals surface area contributed by atoms with Crippen LogP contribution in [-0.2, 0) is 0 Å². The number of fused-ring (bicyclic) bond motifs is 18. The third-order valence-corrected chi connectivity index (χ3v) is 25.3. The van der Waals surface area contributed by atoms with Crippen molar-refractivity contribution in [2.45, 2.75) is 0 Å². The van der Waals surface area contributed by atoms with Gasteiger partial charge in [-0.25, -0.2) is 24.9 Å². The van der Waals surface area contributed by atoms with Crippen LogP contribution in [0.25, 0.3) is 238 Å². The summed E-state index contributed by atoms with van der Waals surface area (Å²) in [7, 11) is 0. The van der Waals surface area contributed by atoms with E-state index in [4.69, 9.17) is 24.9 Å². The summed E-state index contributed by atoms with van der Waals surface area (Å²) >= 11 is 0. The standard InChI is InChI=1S/C50H31N3.C38H25N3.C32H21N3/c1-2-13-35(14-3-1)53-46-23-11-9-20-43(46)48-36(21-12-24-47(48)53)32-25-27-33(28-26-32)50-51-45-22-10-8-19-42(45)49(52-50)34-29-30-41-39-17-5-4-15-37(39)38-16-6-7-18-40(38)44(41)31-34;1-3-11-26(12-4-1)28-19-21-29(22-20-28)37-33-16-7-9-17-34(33)39-38(40-37)41-35-18-10-8-15-31(35)32-24-23-30(25-36(32)41)27-13-5-2-6-14-27;1-2-8-22(9-3-1)24-16-19-32-27(20-24)26-10-4-7-13-31(26)35(32)25-17-14-23(15-18-25)30-21-33-28-11-5-6-12-29(28)34-30/h1-31H;1-25H;1-21H. The summed E-state index contributed by atoms with van der Waals surface area (Å²) in [5.74, 6) is 1.38. The molecule has 0 amide bonds. The van der Waals surface area contributed by atoms with Crippen molar-refractivity contribution < 1.29 is 0 Å². The van der Waals surface area contributed by atoms with Gasteiger partial charge in [-0.1, -0.05) is 364 Å². The second-order valence-corrected chi connectivity index (χ2v) is 32.8. The topological polar surface area (TPSA) is 92.1 Å². The number of nitrogens with zero attached hydrogens (tertiary/aromatic N) is 9. The third kappa shape index (κ3) is 13.5. The lowest BCUT2D eigenvalue weighted by atomic mass is 9.92. The smallest absolute Gasteiger partial charge is 0.235 e. The normalized spacial score (nSPS) is 11.6. The quantitative estimate of drug-likeness (QED) is 0.120. The van der Waals surface area contributed by atoms with Crippen molar-refractivity contribution >= 4 is 131 Å². The van der Waals surface area contributed by atoms with Gasteiger partial charge in [-0.05, 0) is 174 Å².